The van der Waals surface area contributed by atoms with Crippen molar-refractivity contribution in [2.24, 2.45) is 0 Å². The average Bonchev–Trinajstić information content (AvgIpc) is 3.04. The molecule has 0 aliphatic heterocycles. The summed E-state index contributed by atoms with van der Waals surface area (Å²) in [4.78, 5) is 4.18. The van der Waals surface area contributed by atoms with E-state index in [-0.39, 0.29) is 0 Å². The summed E-state index contributed by atoms with van der Waals surface area (Å²) in [5.41, 5.74) is 3.07. The van der Waals surface area contributed by atoms with E-state index in [0.717, 1.165) is 27.7 Å². The van der Waals surface area contributed by atoms with Crippen molar-refractivity contribution in [1.82, 2.24) is 20.0 Å². The summed E-state index contributed by atoms with van der Waals surface area (Å²) < 4.78 is 1.86. The first-order chi connectivity index (χ1) is 10.4. The fourth-order valence-electron chi connectivity index (χ4n) is 2.52. The molecule has 0 bridgehead atoms. The van der Waals surface area contributed by atoms with Crippen molar-refractivity contribution in [2.45, 2.75) is 0 Å². The molecule has 2 heterocycles. The van der Waals surface area contributed by atoms with Crippen LogP contribution in [0.15, 0.2) is 73.2 Å². The minimum Gasteiger partial charge on any atom is -0.264 e. The SMILES string of the molecule is c1ccc(-n2nncc2-c2cccc3cnccc23)cc1. The van der Waals surface area contributed by atoms with Crippen LogP contribution in [0.5, 0.6) is 0 Å². The van der Waals surface area contributed by atoms with E-state index in [1.807, 2.05) is 59.5 Å². The highest BCUT2D eigenvalue weighted by molar-refractivity contribution is 5.95. The molecule has 0 unspecified atom stereocenters. The number of rotatable bonds is 2. The van der Waals surface area contributed by atoms with Gasteiger partial charge in [-0.3, -0.25) is 4.98 Å². The van der Waals surface area contributed by atoms with E-state index in [4.69, 9.17) is 0 Å². The van der Waals surface area contributed by atoms with E-state index in [2.05, 4.69) is 27.4 Å². The monoisotopic (exact) mass is 272 g/mol. The molecular weight excluding hydrogens is 260 g/mol. The molecule has 0 saturated carbocycles. The number of nitrogens with zero attached hydrogens (tertiary/aromatic N) is 4. The van der Waals surface area contributed by atoms with Crippen LogP contribution >= 0.6 is 0 Å². The Balaban J connectivity index is 1.97. The Morgan fingerprint density at radius 1 is 0.810 bits per heavy atom. The lowest BCUT2D eigenvalue weighted by atomic mass is 10.0. The summed E-state index contributed by atoms with van der Waals surface area (Å²) >= 11 is 0. The Labute approximate surface area is 121 Å². The number of aromatic nitrogens is 4. The largest absolute Gasteiger partial charge is 0.264 e. The Bertz CT molecular complexity index is 891. The van der Waals surface area contributed by atoms with Crippen molar-refractivity contribution >= 4 is 10.8 Å². The number of pyridine rings is 1. The second-order valence-electron chi connectivity index (χ2n) is 4.77. The van der Waals surface area contributed by atoms with Gasteiger partial charge in [0.2, 0.25) is 0 Å². The summed E-state index contributed by atoms with van der Waals surface area (Å²) in [6.45, 7) is 0. The van der Waals surface area contributed by atoms with E-state index in [1.165, 1.54) is 0 Å². The predicted molar refractivity (Wildman–Crippen MR) is 82.1 cm³/mol. The third-order valence-electron chi connectivity index (χ3n) is 3.51. The first kappa shape index (κ1) is 11.8. The lowest BCUT2D eigenvalue weighted by Crippen LogP contribution is -1.99. The molecular formula is C17H12N4. The Hall–Kier alpha value is -3.01. The van der Waals surface area contributed by atoms with Crippen LogP contribution in [0.25, 0.3) is 27.7 Å². The van der Waals surface area contributed by atoms with Crippen LogP contribution in [0.3, 0.4) is 0 Å². The van der Waals surface area contributed by atoms with E-state index < -0.39 is 0 Å². The maximum atomic E-state index is 4.22. The zero-order valence-corrected chi connectivity index (χ0v) is 11.2. The van der Waals surface area contributed by atoms with E-state index in [9.17, 15) is 0 Å². The molecule has 2 aromatic heterocycles. The lowest BCUT2D eigenvalue weighted by molar-refractivity contribution is 0.808. The lowest BCUT2D eigenvalue weighted by Gasteiger charge is -2.08. The molecule has 0 aliphatic carbocycles. The van der Waals surface area contributed by atoms with Gasteiger partial charge < -0.3 is 0 Å². The molecule has 0 spiro atoms. The van der Waals surface area contributed by atoms with Crippen LogP contribution in [0.2, 0.25) is 0 Å². The fourth-order valence-corrected chi connectivity index (χ4v) is 2.52. The standard InChI is InChI=1S/C17H12N4/c1-2-6-14(7-3-1)21-17(12-19-20-21)16-8-4-5-13-11-18-10-9-15(13)16/h1-12H. The first-order valence-corrected chi connectivity index (χ1v) is 6.73. The van der Waals surface area contributed by atoms with Gasteiger partial charge in [-0.2, -0.15) is 0 Å². The molecule has 0 N–H and O–H groups in total. The highest BCUT2D eigenvalue weighted by Gasteiger charge is 2.11. The minimum absolute atomic E-state index is 0.970. The topological polar surface area (TPSA) is 43.6 Å². The van der Waals surface area contributed by atoms with E-state index in [0.29, 0.717) is 0 Å². The van der Waals surface area contributed by atoms with Crippen molar-refractivity contribution in [3.8, 4) is 16.9 Å². The van der Waals surface area contributed by atoms with Gasteiger partial charge in [-0.1, -0.05) is 41.6 Å². The molecule has 2 aromatic carbocycles. The van der Waals surface area contributed by atoms with Crippen molar-refractivity contribution in [2.75, 3.05) is 0 Å². The van der Waals surface area contributed by atoms with Gasteiger partial charge in [-0.15, -0.1) is 5.10 Å². The summed E-state index contributed by atoms with van der Waals surface area (Å²) in [7, 11) is 0. The number of benzene rings is 2. The van der Waals surface area contributed by atoms with Gasteiger partial charge in [0.1, 0.15) is 0 Å². The maximum absolute atomic E-state index is 4.22. The highest BCUT2D eigenvalue weighted by Crippen LogP contribution is 2.28. The summed E-state index contributed by atoms with van der Waals surface area (Å²) in [5.74, 6) is 0. The quantitative estimate of drug-likeness (QED) is 0.561. The van der Waals surface area contributed by atoms with Crippen LogP contribution in [-0.2, 0) is 0 Å². The van der Waals surface area contributed by atoms with Crippen LogP contribution in [-0.4, -0.2) is 20.0 Å². The van der Waals surface area contributed by atoms with Crippen molar-refractivity contribution in [3.05, 3.63) is 73.2 Å². The van der Waals surface area contributed by atoms with Crippen molar-refractivity contribution in [3.63, 3.8) is 0 Å². The molecule has 4 heteroatoms. The third-order valence-corrected chi connectivity index (χ3v) is 3.51. The fraction of sp³-hybridized carbons (Fsp3) is 0. The molecule has 0 fully saturated rings. The Kier molecular flexibility index (Phi) is 2.71. The number of para-hydroxylation sites is 1. The van der Waals surface area contributed by atoms with Crippen LogP contribution < -0.4 is 0 Å². The average molecular weight is 272 g/mol. The van der Waals surface area contributed by atoms with Gasteiger partial charge in [-0.25, -0.2) is 4.68 Å². The number of hydrogen-bond donors (Lipinski definition) is 0. The van der Waals surface area contributed by atoms with E-state index in [1.54, 1.807) is 6.20 Å². The first-order valence-electron chi connectivity index (χ1n) is 6.73. The smallest absolute Gasteiger partial charge is 0.0950 e. The van der Waals surface area contributed by atoms with Gasteiger partial charge in [-0.05, 0) is 23.6 Å². The van der Waals surface area contributed by atoms with Gasteiger partial charge >= 0.3 is 0 Å². The normalized spacial score (nSPS) is 10.9. The molecule has 0 atom stereocenters. The van der Waals surface area contributed by atoms with Crippen LogP contribution in [0, 0.1) is 0 Å². The van der Waals surface area contributed by atoms with Gasteiger partial charge in [0, 0.05) is 23.3 Å². The number of fused-ring (bicyclic) bond motifs is 1. The van der Waals surface area contributed by atoms with Gasteiger partial charge in [0.25, 0.3) is 0 Å². The van der Waals surface area contributed by atoms with Gasteiger partial charge in [0.15, 0.2) is 0 Å². The third kappa shape index (κ3) is 1.97. The molecule has 0 radical (unpaired) electrons. The molecule has 21 heavy (non-hydrogen) atoms. The maximum Gasteiger partial charge on any atom is 0.0950 e. The zero-order chi connectivity index (χ0) is 14.1. The number of hydrogen-bond acceptors (Lipinski definition) is 3. The molecule has 100 valence electrons. The Morgan fingerprint density at radius 2 is 1.71 bits per heavy atom. The summed E-state index contributed by atoms with van der Waals surface area (Å²) in [5, 5.41) is 10.6. The van der Waals surface area contributed by atoms with E-state index >= 15 is 0 Å². The summed E-state index contributed by atoms with van der Waals surface area (Å²) in [6.07, 6.45) is 5.47. The molecule has 4 aromatic rings. The van der Waals surface area contributed by atoms with Crippen LogP contribution in [0.1, 0.15) is 0 Å². The Morgan fingerprint density at radius 3 is 2.62 bits per heavy atom. The second-order valence-corrected chi connectivity index (χ2v) is 4.77. The summed E-state index contributed by atoms with van der Waals surface area (Å²) in [6, 6.07) is 18.2. The van der Waals surface area contributed by atoms with Crippen LogP contribution in [0.4, 0.5) is 0 Å². The highest BCUT2D eigenvalue weighted by atomic mass is 15.4. The second kappa shape index (κ2) is 4.83. The molecule has 0 saturated heterocycles. The minimum atomic E-state index is 0.970. The molecule has 4 nitrogen and oxygen atoms in total. The molecule has 4 rings (SSSR count). The van der Waals surface area contributed by atoms with Gasteiger partial charge in [0.05, 0.1) is 17.6 Å². The van der Waals surface area contributed by atoms with Crippen molar-refractivity contribution < 1.29 is 0 Å². The predicted octanol–water partition coefficient (Wildman–Crippen LogP) is 3.48. The zero-order valence-electron chi connectivity index (χ0n) is 11.2. The van der Waals surface area contributed by atoms with Crippen molar-refractivity contribution in [1.29, 1.82) is 0 Å². The molecule has 0 aliphatic rings. The molecule has 0 amide bonds.